The van der Waals surface area contributed by atoms with Gasteiger partial charge in [-0.2, -0.15) is 0 Å². The lowest BCUT2D eigenvalue weighted by molar-refractivity contribution is -0.384. The molecule has 1 aromatic rings. The van der Waals surface area contributed by atoms with Gasteiger partial charge in [-0.25, -0.2) is 0 Å². The van der Waals surface area contributed by atoms with E-state index in [0.29, 0.717) is 30.9 Å². The molecular weight excluding hydrogens is 386 g/mol. The highest BCUT2D eigenvalue weighted by atomic mass is 16.6. The number of fused-ring (bicyclic) bond motifs is 1. The molecule has 0 bridgehead atoms. The van der Waals surface area contributed by atoms with E-state index >= 15 is 0 Å². The summed E-state index contributed by atoms with van der Waals surface area (Å²) in [6.45, 7) is 9.05. The van der Waals surface area contributed by atoms with Crippen LogP contribution in [0.2, 0.25) is 0 Å². The van der Waals surface area contributed by atoms with Crippen molar-refractivity contribution in [3.63, 3.8) is 0 Å². The van der Waals surface area contributed by atoms with Crippen LogP contribution >= 0.6 is 0 Å². The predicted octanol–water partition coefficient (Wildman–Crippen LogP) is 1.94. The molecule has 2 aliphatic rings. The Morgan fingerprint density at radius 2 is 2.07 bits per heavy atom. The van der Waals surface area contributed by atoms with Crippen LogP contribution in [0.15, 0.2) is 29.4 Å². The molecule has 9 heteroatoms. The number of hydrogen-bond donors (Lipinski definition) is 2. The van der Waals surface area contributed by atoms with Crippen molar-refractivity contribution >= 4 is 17.7 Å². The van der Waals surface area contributed by atoms with Gasteiger partial charge in [0.05, 0.1) is 16.9 Å². The fraction of sp³-hybridized carbons (Fsp3) is 0.571. The van der Waals surface area contributed by atoms with Gasteiger partial charge in [0.1, 0.15) is 17.0 Å². The molecular formula is C21H31N5O4. The van der Waals surface area contributed by atoms with Crippen molar-refractivity contribution in [2.75, 3.05) is 44.7 Å². The highest BCUT2D eigenvalue weighted by molar-refractivity contribution is 5.69. The van der Waals surface area contributed by atoms with E-state index in [4.69, 9.17) is 4.74 Å². The highest BCUT2D eigenvalue weighted by Crippen LogP contribution is 2.45. The summed E-state index contributed by atoms with van der Waals surface area (Å²) in [5, 5.41) is 25.2. The van der Waals surface area contributed by atoms with E-state index in [1.807, 2.05) is 24.1 Å². The molecule has 0 spiro atoms. The van der Waals surface area contributed by atoms with E-state index in [1.54, 1.807) is 39.4 Å². The predicted molar refractivity (Wildman–Crippen MR) is 117 cm³/mol. The number of nitro groups is 1. The molecule has 1 atom stereocenters. The number of nitrogens with zero attached hydrogens (tertiary/aromatic N) is 4. The van der Waals surface area contributed by atoms with Gasteiger partial charge in [0, 0.05) is 63.9 Å². The van der Waals surface area contributed by atoms with Gasteiger partial charge in [0.15, 0.2) is 0 Å². The van der Waals surface area contributed by atoms with Crippen LogP contribution in [0, 0.1) is 10.1 Å². The number of ether oxygens (including phenoxy) is 1. The molecule has 0 amide bonds. The number of aliphatic hydroxyl groups is 1. The number of anilines is 1. The molecule has 2 aliphatic heterocycles. The number of hydrogen-bond acceptors (Lipinski definition) is 7. The van der Waals surface area contributed by atoms with E-state index < -0.39 is 11.2 Å². The molecule has 0 aliphatic carbocycles. The zero-order valence-corrected chi connectivity index (χ0v) is 18.1. The molecule has 3 rings (SSSR count). The van der Waals surface area contributed by atoms with Crippen LogP contribution in [-0.4, -0.2) is 72.2 Å². The maximum Gasteiger partial charge on any atom is 0.293 e. The van der Waals surface area contributed by atoms with Crippen molar-refractivity contribution in [2.45, 2.75) is 38.4 Å². The molecule has 0 saturated carbocycles. The molecule has 2 heterocycles. The van der Waals surface area contributed by atoms with Gasteiger partial charge in [0.2, 0.25) is 0 Å². The van der Waals surface area contributed by atoms with Crippen LogP contribution in [0.25, 0.3) is 0 Å². The molecule has 1 saturated heterocycles. The van der Waals surface area contributed by atoms with Crippen LogP contribution in [0.4, 0.5) is 11.4 Å². The first-order chi connectivity index (χ1) is 14.1. The van der Waals surface area contributed by atoms with Gasteiger partial charge < -0.3 is 20.1 Å². The Morgan fingerprint density at radius 1 is 1.37 bits per heavy atom. The van der Waals surface area contributed by atoms with Crippen molar-refractivity contribution in [1.82, 2.24) is 10.2 Å². The van der Waals surface area contributed by atoms with Gasteiger partial charge in [-0.05, 0) is 27.0 Å². The Balaban J connectivity index is 1.73. The van der Waals surface area contributed by atoms with E-state index in [2.05, 4.69) is 15.2 Å². The summed E-state index contributed by atoms with van der Waals surface area (Å²) in [6, 6.07) is 3.38. The van der Waals surface area contributed by atoms with E-state index in [0.717, 1.165) is 25.2 Å². The monoisotopic (exact) mass is 417 g/mol. The van der Waals surface area contributed by atoms with Crippen LogP contribution < -0.4 is 15.0 Å². The lowest BCUT2D eigenvalue weighted by Gasteiger charge is -2.36. The van der Waals surface area contributed by atoms with Crippen LogP contribution in [-0.2, 0) is 6.42 Å². The van der Waals surface area contributed by atoms with Crippen molar-refractivity contribution in [3.8, 4) is 5.75 Å². The van der Waals surface area contributed by atoms with Gasteiger partial charge in [-0.15, -0.1) is 0 Å². The molecule has 2 N–H and O–H groups in total. The van der Waals surface area contributed by atoms with E-state index in [-0.39, 0.29) is 10.6 Å². The second kappa shape index (κ2) is 8.61. The minimum atomic E-state index is -1.07. The van der Waals surface area contributed by atoms with Crippen LogP contribution in [0.3, 0.4) is 0 Å². The molecule has 1 aromatic carbocycles. The topological polar surface area (TPSA) is 103 Å². The second-order valence-electron chi connectivity index (χ2n) is 8.52. The standard InChI is InChI=1S/C21H31N5O4/c1-20(2,27)21(3)14-16-12-18(26(28)29)17(13-19(16)30-21)25-10-8-24(9-11-25)7-5-6-23-15-22-4/h5-6,12-13,15,27H,7-11,14H2,1-4H3,(H,22,23)/b6-5+. The van der Waals surface area contributed by atoms with Gasteiger partial charge >= 0.3 is 0 Å². The number of nitrogens with one attached hydrogen (secondary N) is 1. The average molecular weight is 418 g/mol. The molecule has 0 aromatic heterocycles. The number of benzene rings is 1. The molecule has 164 valence electrons. The third kappa shape index (κ3) is 4.57. The van der Waals surface area contributed by atoms with Gasteiger partial charge in [-0.1, -0.05) is 6.08 Å². The normalized spacial score (nSPS) is 22.5. The summed E-state index contributed by atoms with van der Waals surface area (Å²) in [7, 11) is 1.70. The highest BCUT2D eigenvalue weighted by Gasteiger charge is 2.47. The minimum absolute atomic E-state index is 0.0914. The lowest BCUT2D eigenvalue weighted by atomic mass is 9.84. The zero-order valence-electron chi connectivity index (χ0n) is 18.1. The summed E-state index contributed by atoms with van der Waals surface area (Å²) in [6.07, 6.45) is 5.93. The first-order valence-electron chi connectivity index (χ1n) is 10.2. The molecule has 1 unspecified atom stereocenters. The SMILES string of the molecule is C/N=C\N/C=C/CN1CCN(c2cc3c(cc2[N+](=O)[O-])CC(C)(C(C)(C)O)O3)CC1. The van der Waals surface area contributed by atoms with E-state index in [1.165, 1.54) is 0 Å². The summed E-state index contributed by atoms with van der Waals surface area (Å²) >= 11 is 0. The average Bonchev–Trinajstić information content (AvgIpc) is 3.04. The number of aliphatic imine (C=N–C) groups is 1. The van der Waals surface area contributed by atoms with Crippen molar-refractivity contribution in [1.29, 1.82) is 0 Å². The smallest absolute Gasteiger partial charge is 0.293 e. The summed E-state index contributed by atoms with van der Waals surface area (Å²) < 4.78 is 6.10. The second-order valence-corrected chi connectivity index (χ2v) is 8.52. The third-order valence-corrected chi connectivity index (χ3v) is 6.01. The van der Waals surface area contributed by atoms with E-state index in [9.17, 15) is 15.2 Å². The fourth-order valence-electron chi connectivity index (χ4n) is 3.78. The van der Waals surface area contributed by atoms with Gasteiger partial charge in [0.25, 0.3) is 5.69 Å². The molecule has 9 nitrogen and oxygen atoms in total. The van der Waals surface area contributed by atoms with Crippen LogP contribution in [0.5, 0.6) is 5.75 Å². The minimum Gasteiger partial charge on any atom is -0.484 e. The molecule has 1 fully saturated rings. The summed E-state index contributed by atoms with van der Waals surface area (Å²) in [4.78, 5) is 19.6. The Morgan fingerprint density at radius 3 is 2.67 bits per heavy atom. The first-order valence-corrected chi connectivity index (χ1v) is 10.2. The fourth-order valence-corrected chi connectivity index (χ4v) is 3.78. The summed E-state index contributed by atoms with van der Waals surface area (Å²) in [5.41, 5.74) is -0.452. The number of piperazine rings is 1. The summed E-state index contributed by atoms with van der Waals surface area (Å²) in [5.74, 6) is 0.620. The number of nitro benzene ring substituents is 1. The molecule has 0 radical (unpaired) electrons. The third-order valence-electron chi connectivity index (χ3n) is 6.01. The van der Waals surface area contributed by atoms with Crippen molar-refractivity contribution in [2.24, 2.45) is 4.99 Å². The quantitative estimate of drug-likeness (QED) is 0.302. The van der Waals surface area contributed by atoms with Crippen LogP contribution in [0.1, 0.15) is 26.3 Å². The number of rotatable bonds is 7. The Hall–Kier alpha value is -2.65. The maximum absolute atomic E-state index is 11.8. The Labute approximate surface area is 177 Å². The van der Waals surface area contributed by atoms with Crippen molar-refractivity contribution in [3.05, 3.63) is 40.1 Å². The first kappa shape index (κ1) is 22.0. The zero-order chi connectivity index (χ0) is 21.9. The lowest BCUT2D eigenvalue weighted by Crippen LogP contribution is -2.51. The largest absolute Gasteiger partial charge is 0.484 e. The van der Waals surface area contributed by atoms with Crippen molar-refractivity contribution < 1.29 is 14.8 Å². The Bertz CT molecular complexity index is 841. The Kier molecular flexibility index (Phi) is 6.33. The van der Waals surface area contributed by atoms with Gasteiger partial charge in [-0.3, -0.25) is 20.0 Å². The molecule has 30 heavy (non-hydrogen) atoms. The maximum atomic E-state index is 11.8.